The Morgan fingerprint density at radius 1 is 1.39 bits per heavy atom. The minimum absolute atomic E-state index is 0.00103. The fourth-order valence-electron chi connectivity index (χ4n) is 1.46. The van der Waals surface area contributed by atoms with E-state index in [2.05, 4.69) is 5.32 Å². The van der Waals surface area contributed by atoms with Crippen molar-refractivity contribution in [3.63, 3.8) is 0 Å². The Bertz CT molecular complexity index is 538. The van der Waals surface area contributed by atoms with Crippen LogP contribution in [0, 0.1) is 6.92 Å². The lowest BCUT2D eigenvalue weighted by atomic mass is 10.2. The van der Waals surface area contributed by atoms with Gasteiger partial charge in [-0.1, -0.05) is 19.4 Å². The van der Waals surface area contributed by atoms with Gasteiger partial charge in [0.05, 0.1) is 4.90 Å². The van der Waals surface area contributed by atoms with Crippen LogP contribution in [-0.4, -0.2) is 14.3 Å². The first kappa shape index (κ1) is 14.7. The van der Waals surface area contributed by atoms with Crippen molar-refractivity contribution >= 4 is 21.6 Å². The van der Waals surface area contributed by atoms with E-state index in [4.69, 9.17) is 5.14 Å². The third-order valence-electron chi connectivity index (χ3n) is 2.57. The van der Waals surface area contributed by atoms with Gasteiger partial charge < -0.3 is 5.32 Å². The van der Waals surface area contributed by atoms with Gasteiger partial charge in [-0.25, -0.2) is 13.6 Å². The van der Waals surface area contributed by atoms with Crippen molar-refractivity contribution in [2.45, 2.75) is 38.0 Å². The SMILES string of the molecule is CCCCC(=O)Nc1cc(S(N)(=O)=O)ccc1C. The molecule has 0 fully saturated rings. The first-order valence-corrected chi connectivity index (χ1v) is 7.32. The molecule has 0 unspecified atom stereocenters. The van der Waals surface area contributed by atoms with E-state index in [1.165, 1.54) is 12.1 Å². The van der Waals surface area contributed by atoms with Gasteiger partial charge in [-0.3, -0.25) is 4.79 Å². The molecular weight excluding hydrogens is 252 g/mol. The normalized spacial score (nSPS) is 11.3. The molecular formula is C12H18N2O3S. The number of carbonyl (C=O) groups is 1. The van der Waals surface area contributed by atoms with Gasteiger partial charge in [-0.05, 0) is 31.0 Å². The van der Waals surface area contributed by atoms with Crippen LogP contribution in [0.25, 0.3) is 0 Å². The largest absolute Gasteiger partial charge is 0.326 e. The van der Waals surface area contributed by atoms with Gasteiger partial charge in [0.25, 0.3) is 0 Å². The van der Waals surface area contributed by atoms with Crippen molar-refractivity contribution < 1.29 is 13.2 Å². The number of benzene rings is 1. The molecule has 0 saturated heterocycles. The summed E-state index contributed by atoms with van der Waals surface area (Å²) in [6, 6.07) is 4.43. The molecule has 0 bridgehead atoms. The van der Waals surface area contributed by atoms with Crippen molar-refractivity contribution in [1.29, 1.82) is 0 Å². The predicted octanol–water partition coefficient (Wildman–Crippen LogP) is 1.77. The summed E-state index contributed by atoms with van der Waals surface area (Å²) in [6.07, 6.45) is 2.17. The van der Waals surface area contributed by atoms with Crippen molar-refractivity contribution in [3.05, 3.63) is 23.8 Å². The number of nitrogens with one attached hydrogen (secondary N) is 1. The molecule has 1 aromatic carbocycles. The fraction of sp³-hybridized carbons (Fsp3) is 0.417. The lowest BCUT2D eigenvalue weighted by Gasteiger charge is -2.09. The van der Waals surface area contributed by atoms with Gasteiger partial charge >= 0.3 is 0 Å². The Hall–Kier alpha value is -1.40. The molecule has 0 radical (unpaired) electrons. The molecule has 1 rings (SSSR count). The molecule has 1 aromatic rings. The van der Waals surface area contributed by atoms with Crippen LogP contribution < -0.4 is 10.5 Å². The number of primary sulfonamides is 1. The summed E-state index contributed by atoms with van der Waals surface area (Å²) in [5.74, 6) is -0.119. The van der Waals surface area contributed by atoms with Crippen molar-refractivity contribution in [1.82, 2.24) is 0 Å². The zero-order chi connectivity index (χ0) is 13.8. The molecule has 100 valence electrons. The Morgan fingerprint density at radius 2 is 2.06 bits per heavy atom. The molecule has 0 atom stereocenters. The number of rotatable bonds is 5. The quantitative estimate of drug-likeness (QED) is 0.854. The smallest absolute Gasteiger partial charge is 0.238 e. The summed E-state index contributed by atoms with van der Waals surface area (Å²) in [5, 5.41) is 7.74. The third-order valence-corrected chi connectivity index (χ3v) is 3.48. The highest BCUT2D eigenvalue weighted by Crippen LogP contribution is 2.19. The maximum absolute atomic E-state index is 11.6. The van der Waals surface area contributed by atoms with Crippen LogP contribution in [0.15, 0.2) is 23.1 Å². The zero-order valence-electron chi connectivity index (χ0n) is 10.6. The van der Waals surface area contributed by atoms with E-state index in [1.54, 1.807) is 13.0 Å². The number of nitrogens with two attached hydrogens (primary N) is 1. The standard InChI is InChI=1S/C12H18N2O3S/c1-3-4-5-12(15)14-11-8-10(18(13,16)17)7-6-9(11)2/h6-8H,3-5H2,1-2H3,(H,14,15)(H2,13,16,17). The summed E-state index contributed by atoms with van der Waals surface area (Å²) in [7, 11) is -3.75. The third kappa shape index (κ3) is 4.12. The molecule has 0 aromatic heterocycles. The molecule has 3 N–H and O–H groups in total. The van der Waals surface area contributed by atoms with Crippen molar-refractivity contribution in [3.8, 4) is 0 Å². The van der Waals surface area contributed by atoms with E-state index in [1.807, 2.05) is 6.92 Å². The van der Waals surface area contributed by atoms with E-state index in [0.29, 0.717) is 12.1 Å². The van der Waals surface area contributed by atoms with Crippen LogP contribution in [0.4, 0.5) is 5.69 Å². The van der Waals surface area contributed by atoms with Crippen LogP contribution in [0.1, 0.15) is 31.7 Å². The van der Waals surface area contributed by atoms with E-state index >= 15 is 0 Å². The Kier molecular flexibility index (Phi) is 4.86. The number of aryl methyl sites for hydroxylation is 1. The number of unbranched alkanes of at least 4 members (excludes halogenated alkanes) is 1. The summed E-state index contributed by atoms with van der Waals surface area (Å²) in [4.78, 5) is 11.6. The molecule has 5 nitrogen and oxygen atoms in total. The molecule has 1 amide bonds. The van der Waals surface area contributed by atoms with Crippen molar-refractivity contribution in [2.75, 3.05) is 5.32 Å². The first-order valence-electron chi connectivity index (χ1n) is 5.78. The average molecular weight is 270 g/mol. The second-order valence-electron chi connectivity index (χ2n) is 4.17. The summed E-state index contributed by atoms with van der Waals surface area (Å²) in [6.45, 7) is 3.79. The molecule has 0 heterocycles. The highest BCUT2D eigenvalue weighted by atomic mass is 32.2. The van der Waals surface area contributed by atoms with Crippen LogP contribution in [0.5, 0.6) is 0 Å². The second-order valence-corrected chi connectivity index (χ2v) is 5.73. The molecule has 0 spiro atoms. The Labute approximate surface area is 107 Å². The highest BCUT2D eigenvalue weighted by Gasteiger charge is 2.11. The maximum atomic E-state index is 11.6. The minimum Gasteiger partial charge on any atom is -0.326 e. The van der Waals surface area contributed by atoms with Gasteiger partial charge in [0.15, 0.2) is 0 Å². The fourth-order valence-corrected chi connectivity index (χ4v) is 2.00. The van der Waals surface area contributed by atoms with Gasteiger partial charge in [-0.2, -0.15) is 0 Å². The van der Waals surface area contributed by atoms with E-state index in [-0.39, 0.29) is 10.8 Å². The lowest BCUT2D eigenvalue weighted by molar-refractivity contribution is -0.116. The molecule has 6 heteroatoms. The van der Waals surface area contributed by atoms with Crippen LogP contribution in [0.3, 0.4) is 0 Å². The van der Waals surface area contributed by atoms with E-state index in [9.17, 15) is 13.2 Å². The average Bonchev–Trinajstić information content (AvgIpc) is 2.28. The van der Waals surface area contributed by atoms with Gasteiger partial charge in [0.1, 0.15) is 0 Å². The first-order chi connectivity index (χ1) is 8.34. The van der Waals surface area contributed by atoms with Gasteiger partial charge in [0, 0.05) is 12.1 Å². The van der Waals surface area contributed by atoms with Crippen LogP contribution >= 0.6 is 0 Å². The molecule has 18 heavy (non-hydrogen) atoms. The molecule has 0 aliphatic heterocycles. The minimum atomic E-state index is -3.75. The highest BCUT2D eigenvalue weighted by molar-refractivity contribution is 7.89. The maximum Gasteiger partial charge on any atom is 0.238 e. The molecule has 0 aliphatic rings. The summed E-state index contributed by atoms with van der Waals surface area (Å²) in [5.41, 5.74) is 1.29. The number of amides is 1. The number of anilines is 1. The van der Waals surface area contributed by atoms with Crippen LogP contribution in [-0.2, 0) is 14.8 Å². The number of sulfonamides is 1. The van der Waals surface area contributed by atoms with E-state index < -0.39 is 10.0 Å². The number of carbonyl (C=O) groups excluding carboxylic acids is 1. The Balaban J connectivity index is 2.92. The zero-order valence-corrected chi connectivity index (χ0v) is 11.4. The molecule has 0 saturated carbocycles. The molecule has 0 aliphatic carbocycles. The van der Waals surface area contributed by atoms with Gasteiger partial charge in [0.2, 0.25) is 15.9 Å². The Morgan fingerprint density at radius 3 is 2.61 bits per heavy atom. The van der Waals surface area contributed by atoms with Gasteiger partial charge in [-0.15, -0.1) is 0 Å². The summed E-state index contributed by atoms with van der Waals surface area (Å²) >= 11 is 0. The topological polar surface area (TPSA) is 89.3 Å². The monoisotopic (exact) mass is 270 g/mol. The van der Waals surface area contributed by atoms with E-state index in [0.717, 1.165) is 18.4 Å². The lowest BCUT2D eigenvalue weighted by Crippen LogP contribution is -2.15. The number of hydrogen-bond acceptors (Lipinski definition) is 3. The summed E-state index contributed by atoms with van der Waals surface area (Å²) < 4.78 is 22.4. The number of hydrogen-bond donors (Lipinski definition) is 2. The van der Waals surface area contributed by atoms with Crippen molar-refractivity contribution in [2.24, 2.45) is 5.14 Å². The van der Waals surface area contributed by atoms with Crippen LogP contribution in [0.2, 0.25) is 0 Å². The predicted molar refractivity (Wildman–Crippen MR) is 70.7 cm³/mol. The second kappa shape index (κ2) is 5.97.